The average Bonchev–Trinajstić information content (AvgIpc) is 2.35. The van der Waals surface area contributed by atoms with Crippen molar-refractivity contribution in [1.29, 1.82) is 0 Å². The summed E-state index contributed by atoms with van der Waals surface area (Å²) in [7, 11) is 0. The van der Waals surface area contributed by atoms with E-state index >= 15 is 0 Å². The molecule has 0 radical (unpaired) electrons. The number of carbonyl (C=O) groups is 1. The minimum absolute atomic E-state index is 0.0288. The summed E-state index contributed by atoms with van der Waals surface area (Å²) >= 11 is 3.20. The molecule has 1 unspecified atom stereocenters. The molecule has 19 heavy (non-hydrogen) atoms. The average molecular weight is 331 g/mol. The third-order valence-corrected chi connectivity index (χ3v) is 3.65. The van der Waals surface area contributed by atoms with Gasteiger partial charge >= 0.3 is 0 Å². The van der Waals surface area contributed by atoms with Gasteiger partial charge in [0.1, 0.15) is 5.82 Å². The Morgan fingerprint density at radius 3 is 2.58 bits per heavy atom. The first-order chi connectivity index (χ1) is 8.99. The van der Waals surface area contributed by atoms with Gasteiger partial charge in [0.2, 0.25) is 0 Å². The zero-order chi connectivity index (χ0) is 14.4. The molecule has 1 N–H and O–H groups in total. The van der Waals surface area contributed by atoms with Crippen molar-refractivity contribution < 1.29 is 9.18 Å². The van der Waals surface area contributed by atoms with Gasteiger partial charge in [-0.05, 0) is 48.1 Å². The number of hydrogen-bond donors (Lipinski definition) is 1. The molecule has 0 aliphatic carbocycles. The lowest BCUT2D eigenvalue weighted by molar-refractivity contribution is 0.0925. The second-order valence-electron chi connectivity index (χ2n) is 4.46. The van der Waals surface area contributed by atoms with Gasteiger partial charge in [-0.3, -0.25) is 4.79 Å². The van der Waals surface area contributed by atoms with Crippen molar-refractivity contribution in [2.75, 3.05) is 19.6 Å². The van der Waals surface area contributed by atoms with Crippen molar-refractivity contribution in [3.05, 3.63) is 34.1 Å². The molecule has 0 saturated heterocycles. The summed E-state index contributed by atoms with van der Waals surface area (Å²) in [6.07, 6.45) is 0. The summed E-state index contributed by atoms with van der Waals surface area (Å²) in [4.78, 5) is 14.3. The molecule has 0 spiro atoms. The molecule has 0 aliphatic heterocycles. The van der Waals surface area contributed by atoms with E-state index in [9.17, 15) is 9.18 Å². The molecule has 3 nitrogen and oxygen atoms in total. The van der Waals surface area contributed by atoms with E-state index in [-0.39, 0.29) is 17.5 Å². The van der Waals surface area contributed by atoms with Crippen LogP contribution in [0.5, 0.6) is 0 Å². The van der Waals surface area contributed by atoms with Crippen LogP contribution in [0.2, 0.25) is 0 Å². The number of hydrogen-bond acceptors (Lipinski definition) is 2. The Bertz CT molecular complexity index is 415. The van der Waals surface area contributed by atoms with Crippen LogP contribution in [0.25, 0.3) is 0 Å². The van der Waals surface area contributed by atoms with Crippen LogP contribution < -0.4 is 5.32 Å². The van der Waals surface area contributed by atoms with Gasteiger partial charge < -0.3 is 10.2 Å². The van der Waals surface area contributed by atoms with Gasteiger partial charge in [0.05, 0.1) is 5.56 Å². The number of nitrogens with zero attached hydrogens (tertiary/aromatic N) is 1. The summed E-state index contributed by atoms with van der Waals surface area (Å²) < 4.78 is 14.1. The molecule has 1 amide bonds. The lowest BCUT2D eigenvalue weighted by atomic mass is 10.2. The summed E-state index contributed by atoms with van der Waals surface area (Å²) in [6.45, 7) is 8.69. The first-order valence-electron chi connectivity index (χ1n) is 6.46. The van der Waals surface area contributed by atoms with E-state index < -0.39 is 5.82 Å². The van der Waals surface area contributed by atoms with Gasteiger partial charge in [0.15, 0.2) is 0 Å². The van der Waals surface area contributed by atoms with Gasteiger partial charge in [-0.2, -0.15) is 0 Å². The van der Waals surface area contributed by atoms with Crippen molar-refractivity contribution in [1.82, 2.24) is 10.2 Å². The van der Waals surface area contributed by atoms with Gasteiger partial charge in [0.25, 0.3) is 5.91 Å². The van der Waals surface area contributed by atoms with Crippen LogP contribution in [0.1, 0.15) is 31.1 Å². The Balaban J connectivity index is 2.69. The summed E-state index contributed by atoms with van der Waals surface area (Å²) in [5.74, 6) is -0.897. The topological polar surface area (TPSA) is 32.3 Å². The number of carbonyl (C=O) groups excluding carboxylic acids is 1. The highest BCUT2D eigenvalue weighted by molar-refractivity contribution is 9.10. The molecule has 106 valence electrons. The Hall–Kier alpha value is -0.940. The predicted octanol–water partition coefficient (Wildman–Crippen LogP) is 3.05. The number of benzene rings is 1. The number of halogens is 2. The van der Waals surface area contributed by atoms with Crippen LogP contribution in [-0.4, -0.2) is 36.5 Å². The minimum atomic E-state index is -0.512. The number of amides is 1. The molecule has 0 heterocycles. The molecule has 0 bridgehead atoms. The number of likely N-dealkylation sites (N-methyl/N-ethyl adjacent to an activating group) is 1. The highest BCUT2D eigenvalue weighted by Gasteiger charge is 2.17. The fourth-order valence-corrected chi connectivity index (χ4v) is 2.45. The molecule has 0 aromatic heterocycles. The van der Waals surface area contributed by atoms with Gasteiger partial charge in [0, 0.05) is 17.1 Å². The molecular formula is C14H20BrFN2O. The third-order valence-electron chi connectivity index (χ3n) is 2.99. The van der Waals surface area contributed by atoms with Crippen molar-refractivity contribution in [2.45, 2.75) is 26.8 Å². The van der Waals surface area contributed by atoms with Gasteiger partial charge in [-0.25, -0.2) is 4.39 Å². The van der Waals surface area contributed by atoms with E-state index in [0.29, 0.717) is 4.47 Å². The Labute approximate surface area is 122 Å². The molecule has 0 aliphatic rings. The molecule has 1 aromatic carbocycles. The summed E-state index contributed by atoms with van der Waals surface area (Å²) in [5, 5.41) is 2.83. The van der Waals surface area contributed by atoms with Crippen molar-refractivity contribution >= 4 is 21.8 Å². The standard InChI is InChI=1S/C14H20BrFN2O/c1-4-18(5-2)9-10(3)17-14(19)13-11(15)7-6-8-12(13)16/h6-8,10H,4-5,9H2,1-3H3,(H,17,19). The molecular weight excluding hydrogens is 311 g/mol. The Kier molecular flexibility index (Phi) is 6.45. The van der Waals surface area contributed by atoms with Crippen molar-refractivity contribution in [3.63, 3.8) is 0 Å². The molecule has 1 rings (SSSR count). The molecule has 1 atom stereocenters. The smallest absolute Gasteiger partial charge is 0.255 e. The lowest BCUT2D eigenvalue weighted by Crippen LogP contribution is -2.42. The zero-order valence-corrected chi connectivity index (χ0v) is 13.1. The maximum Gasteiger partial charge on any atom is 0.255 e. The van der Waals surface area contributed by atoms with Crippen LogP contribution in [0.4, 0.5) is 4.39 Å². The van der Waals surface area contributed by atoms with Crippen molar-refractivity contribution in [3.8, 4) is 0 Å². The maximum absolute atomic E-state index is 13.6. The van der Waals surface area contributed by atoms with E-state index in [0.717, 1.165) is 19.6 Å². The minimum Gasteiger partial charge on any atom is -0.348 e. The molecule has 1 aromatic rings. The van der Waals surface area contributed by atoms with Crippen LogP contribution >= 0.6 is 15.9 Å². The number of rotatable bonds is 6. The van der Waals surface area contributed by atoms with E-state index in [4.69, 9.17) is 0 Å². The fraction of sp³-hybridized carbons (Fsp3) is 0.500. The zero-order valence-electron chi connectivity index (χ0n) is 11.5. The lowest BCUT2D eigenvalue weighted by Gasteiger charge is -2.23. The van der Waals surface area contributed by atoms with E-state index in [1.165, 1.54) is 6.07 Å². The highest BCUT2D eigenvalue weighted by Crippen LogP contribution is 2.19. The quantitative estimate of drug-likeness (QED) is 0.869. The normalized spacial score (nSPS) is 12.5. The van der Waals surface area contributed by atoms with Crippen LogP contribution in [0.3, 0.4) is 0 Å². The predicted molar refractivity (Wildman–Crippen MR) is 78.8 cm³/mol. The van der Waals surface area contributed by atoms with E-state index in [2.05, 4.69) is 40.0 Å². The molecule has 0 saturated carbocycles. The van der Waals surface area contributed by atoms with Gasteiger partial charge in [-0.15, -0.1) is 0 Å². The first kappa shape index (κ1) is 16.1. The Morgan fingerprint density at radius 1 is 1.42 bits per heavy atom. The summed E-state index contributed by atoms with van der Waals surface area (Å²) in [6, 6.07) is 4.48. The van der Waals surface area contributed by atoms with Crippen LogP contribution in [-0.2, 0) is 0 Å². The Morgan fingerprint density at radius 2 is 2.05 bits per heavy atom. The fourth-order valence-electron chi connectivity index (χ4n) is 1.93. The molecule has 0 fully saturated rings. The van der Waals surface area contributed by atoms with Crippen molar-refractivity contribution in [2.24, 2.45) is 0 Å². The van der Waals surface area contributed by atoms with Crippen LogP contribution in [0, 0.1) is 5.82 Å². The SMILES string of the molecule is CCN(CC)CC(C)NC(=O)c1c(F)cccc1Br. The summed E-state index contributed by atoms with van der Waals surface area (Å²) in [5.41, 5.74) is 0.0638. The largest absolute Gasteiger partial charge is 0.348 e. The van der Waals surface area contributed by atoms with Gasteiger partial charge in [-0.1, -0.05) is 19.9 Å². The van der Waals surface area contributed by atoms with Crippen LogP contribution in [0.15, 0.2) is 22.7 Å². The monoisotopic (exact) mass is 330 g/mol. The van der Waals surface area contributed by atoms with E-state index in [1.54, 1.807) is 12.1 Å². The maximum atomic E-state index is 13.6. The second-order valence-corrected chi connectivity index (χ2v) is 5.31. The number of nitrogens with one attached hydrogen (secondary N) is 1. The second kappa shape index (κ2) is 7.60. The molecule has 5 heteroatoms. The third kappa shape index (κ3) is 4.58. The van der Waals surface area contributed by atoms with E-state index in [1.807, 2.05) is 6.92 Å². The first-order valence-corrected chi connectivity index (χ1v) is 7.26. The highest BCUT2D eigenvalue weighted by atomic mass is 79.9.